The van der Waals surface area contributed by atoms with Gasteiger partial charge >= 0.3 is 0 Å². The van der Waals surface area contributed by atoms with Crippen LogP contribution < -0.4 is 0 Å². The molecule has 0 aromatic carbocycles. The molecular weight excluding hydrogens is 352 g/mol. The number of hydrogen-bond acceptors (Lipinski definition) is 1. The molecule has 0 amide bonds. The molecule has 1 nitrogen and oxygen atoms in total. The smallest absolute Gasteiger partial charge is 0.0578 e. The lowest BCUT2D eigenvalue weighted by Gasteiger charge is -2.55. The van der Waals surface area contributed by atoms with Crippen LogP contribution in [0.5, 0.6) is 0 Å². The fourth-order valence-electron chi connectivity index (χ4n) is 7.59. The molecule has 4 aliphatic rings. The summed E-state index contributed by atoms with van der Waals surface area (Å²) in [5.41, 5.74) is 4.07. The molecule has 0 unspecified atom stereocenters. The van der Waals surface area contributed by atoms with Crippen molar-refractivity contribution in [2.45, 2.75) is 92.6 Å². The molecular formula is C28H44O. The maximum Gasteiger partial charge on any atom is 0.0578 e. The van der Waals surface area contributed by atoms with Gasteiger partial charge < -0.3 is 5.11 Å². The third kappa shape index (κ3) is 3.50. The van der Waals surface area contributed by atoms with Gasteiger partial charge in [0.05, 0.1) is 6.10 Å². The summed E-state index contributed by atoms with van der Waals surface area (Å²) in [5, 5.41) is 10.2. The molecule has 8 atom stereocenters. The quantitative estimate of drug-likeness (QED) is 0.493. The Hall–Kier alpha value is -0.820. The Kier molecular flexibility index (Phi) is 5.69. The molecule has 0 aromatic heterocycles. The van der Waals surface area contributed by atoms with Crippen LogP contribution >= 0.6 is 0 Å². The van der Waals surface area contributed by atoms with Gasteiger partial charge in [-0.25, -0.2) is 0 Å². The maximum absolute atomic E-state index is 10.2. The average molecular weight is 397 g/mol. The van der Waals surface area contributed by atoms with E-state index in [-0.39, 0.29) is 6.10 Å². The number of fused-ring (bicyclic) bond motifs is 5. The highest BCUT2D eigenvalue weighted by Crippen LogP contribution is 2.65. The monoisotopic (exact) mass is 396 g/mol. The van der Waals surface area contributed by atoms with Crippen molar-refractivity contribution < 1.29 is 5.11 Å². The van der Waals surface area contributed by atoms with Gasteiger partial charge in [-0.1, -0.05) is 77.0 Å². The summed E-state index contributed by atoms with van der Waals surface area (Å²) < 4.78 is 0. The fourth-order valence-corrected chi connectivity index (χ4v) is 7.59. The van der Waals surface area contributed by atoms with E-state index in [1.807, 2.05) is 0 Å². The SMILES string of the molecule is CC(C)[C@@H](C)/C=C\[C@H](C)[C@H]1CC[C@@H]2C3=CC=C4C[C@@H](O)CC[C@]4(C)[C@@H]3CC[C@@]21C. The van der Waals surface area contributed by atoms with Crippen molar-refractivity contribution in [2.24, 2.45) is 46.3 Å². The van der Waals surface area contributed by atoms with Crippen molar-refractivity contribution in [3.8, 4) is 0 Å². The molecule has 0 aliphatic heterocycles. The van der Waals surface area contributed by atoms with Gasteiger partial charge in [0.25, 0.3) is 0 Å². The lowest BCUT2D eigenvalue weighted by molar-refractivity contribution is 0.0382. The summed E-state index contributed by atoms with van der Waals surface area (Å²) in [5.74, 6) is 4.38. The second-order valence-corrected chi connectivity index (χ2v) is 11.9. The molecule has 4 aliphatic carbocycles. The average Bonchev–Trinajstić information content (AvgIpc) is 3.03. The van der Waals surface area contributed by atoms with Gasteiger partial charge in [0.2, 0.25) is 0 Å². The Labute approximate surface area is 179 Å². The van der Waals surface area contributed by atoms with Gasteiger partial charge in [-0.3, -0.25) is 0 Å². The summed E-state index contributed by atoms with van der Waals surface area (Å²) in [6.07, 6.45) is 18.4. The van der Waals surface area contributed by atoms with E-state index < -0.39 is 0 Å². The predicted octanol–water partition coefficient (Wildman–Crippen LogP) is 7.33. The molecule has 3 fully saturated rings. The van der Waals surface area contributed by atoms with Crippen LogP contribution in [0.4, 0.5) is 0 Å². The second kappa shape index (κ2) is 7.70. The normalized spacial score (nSPS) is 44.0. The minimum atomic E-state index is -0.116. The first-order valence-corrected chi connectivity index (χ1v) is 12.4. The van der Waals surface area contributed by atoms with Gasteiger partial charge in [0.1, 0.15) is 0 Å². The Morgan fingerprint density at radius 3 is 2.41 bits per heavy atom. The van der Waals surface area contributed by atoms with Crippen molar-refractivity contribution in [1.82, 2.24) is 0 Å². The molecule has 4 rings (SSSR count). The lowest BCUT2D eigenvalue weighted by atomic mass is 9.50. The molecule has 0 saturated heterocycles. The van der Waals surface area contributed by atoms with Crippen LogP contribution in [0, 0.1) is 46.3 Å². The first-order chi connectivity index (χ1) is 13.7. The Morgan fingerprint density at radius 1 is 0.931 bits per heavy atom. The van der Waals surface area contributed by atoms with E-state index in [2.05, 4.69) is 65.8 Å². The Balaban J connectivity index is 1.57. The van der Waals surface area contributed by atoms with Crippen LogP contribution in [0.2, 0.25) is 0 Å². The van der Waals surface area contributed by atoms with E-state index in [4.69, 9.17) is 0 Å². The zero-order valence-corrected chi connectivity index (χ0v) is 19.7. The molecule has 0 aromatic rings. The molecule has 1 N–H and O–H groups in total. The number of rotatable bonds is 4. The van der Waals surface area contributed by atoms with Crippen molar-refractivity contribution in [3.63, 3.8) is 0 Å². The fraction of sp³-hybridized carbons (Fsp3) is 0.786. The van der Waals surface area contributed by atoms with E-state index >= 15 is 0 Å². The van der Waals surface area contributed by atoms with Crippen molar-refractivity contribution in [3.05, 3.63) is 35.5 Å². The standard InChI is InChI=1S/C28H44O/c1-18(2)19(3)7-8-20(4)24-11-12-25-23-10-9-21-17-22(29)13-15-27(21,5)26(23)14-16-28(24,25)6/h7-10,18-20,22,24-26,29H,11-17H2,1-6H3/b8-7-/t19-,20-,22-,24+,25+,26+,27-,28+/m0/s1. The topological polar surface area (TPSA) is 20.2 Å². The van der Waals surface area contributed by atoms with Gasteiger partial charge in [-0.05, 0) is 91.3 Å². The summed E-state index contributed by atoms with van der Waals surface area (Å²) in [4.78, 5) is 0. The van der Waals surface area contributed by atoms with Crippen LogP contribution in [0.3, 0.4) is 0 Å². The third-order valence-corrected chi connectivity index (χ3v) is 10.0. The van der Waals surface area contributed by atoms with E-state index in [9.17, 15) is 5.11 Å². The molecule has 0 heterocycles. The van der Waals surface area contributed by atoms with E-state index in [1.165, 1.54) is 37.7 Å². The van der Waals surface area contributed by atoms with Crippen LogP contribution in [0.15, 0.2) is 35.5 Å². The largest absolute Gasteiger partial charge is 0.393 e. The predicted molar refractivity (Wildman–Crippen MR) is 123 cm³/mol. The van der Waals surface area contributed by atoms with Gasteiger partial charge in [-0.15, -0.1) is 0 Å². The lowest BCUT2D eigenvalue weighted by Crippen LogP contribution is -2.46. The van der Waals surface area contributed by atoms with Gasteiger partial charge in [0.15, 0.2) is 0 Å². The first-order valence-electron chi connectivity index (χ1n) is 12.4. The minimum Gasteiger partial charge on any atom is -0.393 e. The maximum atomic E-state index is 10.2. The molecule has 0 spiro atoms. The van der Waals surface area contributed by atoms with Gasteiger partial charge in [0, 0.05) is 0 Å². The molecule has 1 heteroatoms. The Bertz CT molecular complexity index is 712. The molecule has 29 heavy (non-hydrogen) atoms. The van der Waals surface area contributed by atoms with Crippen LogP contribution in [0.25, 0.3) is 0 Å². The van der Waals surface area contributed by atoms with E-state index in [1.54, 1.807) is 5.57 Å². The summed E-state index contributed by atoms with van der Waals surface area (Å²) >= 11 is 0. The van der Waals surface area contributed by atoms with E-state index in [0.717, 1.165) is 36.5 Å². The highest BCUT2D eigenvalue weighted by molar-refractivity contribution is 5.39. The molecule has 0 bridgehead atoms. The minimum absolute atomic E-state index is 0.116. The molecule has 162 valence electrons. The van der Waals surface area contributed by atoms with Crippen LogP contribution in [-0.4, -0.2) is 11.2 Å². The zero-order valence-electron chi connectivity index (χ0n) is 19.7. The number of aliphatic hydroxyl groups is 1. The third-order valence-electron chi connectivity index (χ3n) is 10.0. The second-order valence-electron chi connectivity index (χ2n) is 11.9. The van der Waals surface area contributed by atoms with Crippen molar-refractivity contribution in [2.75, 3.05) is 0 Å². The first kappa shape index (κ1) is 21.4. The zero-order chi connectivity index (χ0) is 21.0. The van der Waals surface area contributed by atoms with Crippen LogP contribution in [0.1, 0.15) is 86.5 Å². The summed E-state index contributed by atoms with van der Waals surface area (Å²) in [6.45, 7) is 14.6. The highest BCUT2D eigenvalue weighted by atomic mass is 16.3. The molecule has 0 radical (unpaired) electrons. The van der Waals surface area contributed by atoms with E-state index in [0.29, 0.717) is 22.7 Å². The molecule has 3 saturated carbocycles. The summed E-state index contributed by atoms with van der Waals surface area (Å²) in [7, 11) is 0. The Morgan fingerprint density at radius 2 is 1.69 bits per heavy atom. The number of aliphatic hydroxyl groups excluding tert-OH is 1. The summed E-state index contributed by atoms with van der Waals surface area (Å²) in [6, 6.07) is 0. The van der Waals surface area contributed by atoms with Crippen molar-refractivity contribution in [1.29, 1.82) is 0 Å². The van der Waals surface area contributed by atoms with Gasteiger partial charge in [-0.2, -0.15) is 0 Å². The van der Waals surface area contributed by atoms with Crippen molar-refractivity contribution >= 4 is 0 Å². The number of allylic oxidation sites excluding steroid dienone is 5. The number of hydrogen-bond donors (Lipinski definition) is 1. The highest BCUT2D eigenvalue weighted by Gasteiger charge is 2.56. The van der Waals surface area contributed by atoms with Crippen LogP contribution in [-0.2, 0) is 0 Å².